The number of nitrogens with one attached hydrogen (secondary N) is 1. The Morgan fingerprint density at radius 3 is 2.79 bits per heavy atom. The first-order chi connectivity index (χ1) is 9.24. The lowest BCUT2D eigenvalue weighted by molar-refractivity contribution is 0.0289. The molecule has 1 aromatic carbocycles. The molecule has 4 nitrogen and oxygen atoms in total. The van der Waals surface area contributed by atoms with Crippen molar-refractivity contribution in [3.8, 4) is 0 Å². The van der Waals surface area contributed by atoms with E-state index in [-0.39, 0.29) is 13.2 Å². The summed E-state index contributed by atoms with van der Waals surface area (Å²) >= 11 is 6.00. The van der Waals surface area contributed by atoms with Gasteiger partial charge in [-0.15, -0.1) is 0 Å². The average Bonchev–Trinajstić information content (AvgIpc) is 2.41. The normalized spacial score (nSPS) is 12.6. The van der Waals surface area contributed by atoms with Gasteiger partial charge in [-0.3, -0.25) is 0 Å². The molecule has 0 aliphatic heterocycles. The van der Waals surface area contributed by atoms with Crippen LogP contribution in [-0.2, 0) is 11.3 Å². The van der Waals surface area contributed by atoms with E-state index in [0.717, 1.165) is 24.9 Å². The van der Waals surface area contributed by atoms with Gasteiger partial charge >= 0.3 is 0 Å². The first-order valence-electron chi connectivity index (χ1n) is 6.55. The Bertz CT molecular complexity index is 349. The second-order valence-corrected chi connectivity index (χ2v) is 4.80. The first-order valence-corrected chi connectivity index (χ1v) is 6.92. The Hall–Kier alpha value is -0.650. The van der Waals surface area contributed by atoms with Crippen LogP contribution in [0.1, 0.15) is 18.4 Å². The number of unbranched alkanes of at least 4 members (excludes halogenated alkanes) is 1. The fraction of sp³-hybridized carbons (Fsp3) is 0.571. The van der Waals surface area contributed by atoms with E-state index in [1.54, 1.807) is 0 Å². The molecular weight excluding hydrogens is 266 g/mol. The quantitative estimate of drug-likeness (QED) is 0.572. The van der Waals surface area contributed by atoms with E-state index in [0.29, 0.717) is 18.2 Å². The van der Waals surface area contributed by atoms with Crippen LogP contribution in [0.2, 0.25) is 5.02 Å². The minimum absolute atomic E-state index is 0.213. The third kappa shape index (κ3) is 7.50. The maximum Gasteiger partial charge on any atom is 0.0897 e. The third-order valence-corrected chi connectivity index (χ3v) is 3.04. The fourth-order valence-electron chi connectivity index (χ4n) is 1.61. The molecule has 0 saturated carbocycles. The van der Waals surface area contributed by atoms with Crippen LogP contribution in [-0.4, -0.2) is 42.6 Å². The highest BCUT2D eigenvalue weighted by Crippen LogP contribution is 2.15. The van der Waals surface area contributed by atoms with Crippen molar-refractivity contribution >= 4 is 11.6 Å². The maximum atomic E-state index is 9.68. The SMILES string of the molecule is OCCCCNCC(O)COCc1ccccc1Cl. The molecule has 0 aliphatic rings. The molecule has 0 spiro atoms. The molecule has 0 aromatic heterocycles. The molecule has 0 bridgehead atoms. The zero-order valence-electron chi connectivity index (χ0n) is 11.0. The molecule has 0 fully saturated rings. The monoisotopic (exact) mass is 287 g/mol. The molecule has 3 N–H and O–H groups in total. The lowest BCUT2D eigenvalue weighted by Crippen LogP contribution is -2.31. The van der Waals surface area contributed by atoms with E-state index >= 15 is 0 Å². The van der Waals surface area contributed by atoms with E-state index in [4.69, 9.17) is 21.4 Å². The van der Waals surface area contributed by atoms with Gasteiger partial charge in [-0.05, 0) is 31.0 Å². The fourth-order valence-corrected chi connectivity index (χ4v) is 1.80. The molecule has 1 unspecified atom stereocenters. The summed E-state index contributed by atoms with van der Waals surface area (Å²) in [5, 5.41) is 22.1. The average molecular weight is 288 g/mol. The number of rotatable bonds is 10. The number of benzene rings is 1. The van der Waals surface area contributed by atoms with Crippen LogP contribution < -0.4 is 5.32 Å². The zero-order valence-corrected chi connectivity index (χ0v) is 11.8. The van der Waals surface area contributed by atoms with Gasteiger partial charge in [0.1, 0.15) is 0 Å². The molecule has 108 valence electrons. The van der Waals surface area contributed by atoms with E-state index in [9.17, 15) is 5.11 Å². The topological polar surface area (TPSA) is 61.7 Å². The minimum atomic E-state index is -0.531. The molecular formula is C14H22ClNO3. The highest BCUT2D eigenvalue weighted by Gasteiger charge is 2.05. The highest BCUT2D eigenvalue weighted by atomic mass is 35.5. The maximum absolute atomic E-state index is 9.68. The number of ether oxygens (including phenoxy) is 1. The number of hydrogen-bond acceptors (Lipinski definition) is 4. The standard InChI is InChI=1S/C14H22ClNO3/c15-14-6-2-1-5-12(14)10-19-11-13(18)9-16-7-3-4-8-17/h1-2,5-6,13,16-18H,3-4,7-11H2. The molecule has 0 radical (unpaired) electrons. The van der Waals surface area contributed by atoms with Gasteiger partial charge in [-0.1, -0.05) is 29.8 Å². The Morgan fingerprint density at radius 1 is 1.26 bits per heavy atom. The summed E-state index contributed by atoms with van der Waals surface area (Å²) in [6.45, 7) is 2.18. The smallest absolute Gasteiger partial charge is 0.0897 e. The highest BCUT2D eigenvalue weighted by molar-refractivity contribution is 6.31. The summed E-state index contributed by atoms with van der Waals surface area (Å²) in [7, 11) is 0. The largest absolute Gasteiger partial charge is 0.396 e. The van der Waals surface area contributed by atoms with Gasteiger partial charge in [-0.2, -0.15) is 0 Å². The Balaban J connectivity index is 2.07. The molecule has 0 heterocycles. The minimum Gasteiger partial charge on any atom is -0.396 e. The molecule has 0 amide bonds. The van der Waals surface area contributed by atoms with E-state index < -0.39 is 6.10 Å². The Kier molecular flexibility index (Phi) is 8.79. The summed E-state index contributed by atoms with van der Waals surface area (Å²) in [5.41, 5.74) is 0.923. The van der Waals surface area contributed by atoms with Crippen molar-refractivity contribution in [3.63, 3.8) is 0 Å². The van der Waals surface area contributed by atoms with Crippen molar-refractivity contribution in [1.82, 2.24) is 5.32 Å². The summed E-state index contributed by atoms with van der Waals surface area (Å²) in [4.78, 5) is 0. The molecule has 0 aliphatic carbocycles. The molecule has 5 heteroatoms. The van der Waals surface area contributed by atoms with Crippen molar-refractivity contribution in [3.05, 3.63) is 34.9 Å². The summed E-state index contributed by atoms with van der Waals surface area (Å²) in [6.07, 6.45) is 1.16. The lowest BCUT2D eigenvalue weighted by atomic mass is 10.2. The van der Waals surface area contributed by atoms with Crippen LogP contribution in [0, 0.1) is 0 Å². The van der Waals surface area contributed by atoms with E-state index in [1.165, 1.54) is 0 Å². The van der Waals surface area contributed by atoms with Crippen molar-refractivity contribution in [2.45, 2.75) is 25.6 Å². The molecule has 19 heavy (non-hydrogen) atoms. The van der Waals surface area contributed by atoms with Gasteiger partial charge in [0.2, 0.25) is 0 Å². The van der Waals surface area contributed by atoms with Gasteiger partial charge in [0.05, 0.1) is 19.3 Å². The van der Waals surface area contributed by atoms with E-state index in [1.807, 2.05) is 24.3 Å². The summed E-state index contributed by atoms with van der Waals surface area (Å²) in [5.74, 6) is 0. The predicted octanol–water partition coefficient (Wildman–Crippen LogP) is 1.58. The lowest BCUT2D eigenvalue weighted by Gasteiger charge is -2.12. The van der Waals surface area contributed by atoms with Gasteiger partial charge in [-0.25, -0.2) is 0 Å². The predicted molar refractivity (Wildman–Crippen MR) is 76.3 cm³/mol. The van der Waals surface area contributed by atoms with Gasteiger partial charge in [0, 0.05) is 18.2 Å². The number of hydrogen-bond donors (Lipinski definition) is 3. The zero-order chi connectivity index (χ0) is 13.9. The second kappa shape index (κ2) is 10.2. The van der Waals surface area contributed by atoms with Crippen molar-refractivity contribution in [1.29, 1.82) is 0 Å². The van der Waals surface area contributed by atoms with Gasteiger partial charge in [0.25, 0.3) is 0 Å². The number of aliphatic hydroxyl groups is 2. The molecule has 1 atom stereocenters. The van der Waals surface area contributed by atoms with Crippen LogP contribution in [0.3, 0.4) is 0 Å². The van der Waals surface area contributed by atoms with Crippen LogP contribution >= 0.6 is 11.6 Å². The van der Waals surface area contributed by atoms with Crippen molar-refractivity contribution in [2.75, 3.05) is 26.3 Å². The number of aliphatic hydroxyl groups excluding tert-OH is 2. The molecule has 0 saturated heterocycles. The molecule has 1 aromatic rings. The van der Waals surface area contributed by atoms with Crippen LogP contribution in [0.4, 0.5) is 0 Å². The summed E-state index contributed by atoms with van der Waals surface area (Å²) < 4.78 is 5.43. The Morgan fingerprint density at radius 2 is 2.05 bits per heavy atom. The van der Waals surface area contributed by atoms with Gasteiger partial charge in [0.15, 0.2) is 0 Å². The second-order valence-electron chi connectivity index (χ2n) is 4.40. The van der Waals surface area contributed by atoms with Crippen molar-refractivity contribution in [2.24, 2.45) is 0 Å². The third-order valence-electron chi connectivity index (χ3n) is 2.67. The molecule has 1 rings (SSSR count). The Labute approximate surface area is 119 Å². The van der Waals surface area contributed by atoms with Crippen LogP contribution in [0.15, 0.2) is 24.3 Å². The van der Waals surface area contributed by atoms with Crippen molar-refractivity contribution < 1.29 is 14.9 Å². The first kappa shape index (κ1) is 16.4. The van der Waals surface area contributed by atoms with E-state index in [2.05, 4.69) is 5.32 Å². The van der Waals surface area contributed by atoms with Crippen LogP contribution in [0.25, 0.3) is 0 Å². The summed E-state index contributed by atoms with van der Waals surface area (Å²) in [6, 6.07) is 7.50. The van der Waals surface area contributed by atoms with Crippen LogP contribution in [0.5, 0.6) is 0 Å². The van der Waals surface area contributed by atoms with Gasteiger partial charge < -0.3 is 20.3 Å². The number of halogens is 1.